The zero-order valence-electron chi connectivity index (χ0n) is 14.6. The second kappa shape index (κ2) is 8.49. The van der Waals surface area contributed by atoms with Crippen LogP contribution >= 0.6 is 11.6 Å². The van der Waals surface area contributed by atoms with Crippen LogP contribution in [0.15, 0.2) is 24.3 Å². The van der Waals surface area contributed by atoms with Gasteiger partial charge in [0.15, 0.2) is 0 Å². The number of carbonyl (C=O) groups is 2. The van der Waals surface area contributed by atoms with Crippen LogP contribution in [-0.4, -0.2) is 53.8 Å². The molecular weight excluding hydrogens is 326 g/mol. The highest BCUT2D eigenvalue weighted by Crippen LogP contribution is 2.15. The van der Waals surface area contributed by atoms with Gasteiger partial charge >= 0.3 is 0 Å². The first-order valence-electron chi connectivity index (χ1n) is 8.44. The maximum absolute atomic E-state index is 12.4. The van der Waals surface area contributed by atoms with Gasteiger partial charge in [0, 0.05) is 43.7 Å². The van der Waals surface area contributed by atoms with Crippen molar-refractivity contribution in [2.75, 3.05) is 26.2 Å². The molecule has 0 aliphatic carbocycles. The molecule has 0 bridgehead atoms. The molecule has 1 unspecified atom stereocenters. The van der Waals surface area contributed by atoms with Crippen molar-refractivity contribution in [3.05, 3.63) is 34.9 Å². The lowest BCUT2D eigenvalue weighted by atomic mass is 10.1. The lowest BCUT2D eigenvalue weighted by Gasteiger charge is -2.38. The summed E-state index contributed by atoms with van der Waals surface area (Å²) in [7, 11) is 0. The summed E-state index contributed by atoms with van der Waals surface area (Å²) in [5.74, 6) is 0.192. The number of amides is 2. The van der Waals surface area contributed by atoms with E-state index in [1.165, 1.54) is 0 Å². The highest BCUT2D eigenvalue weighted by Gasteiger charge is 2.28. The average molecular weight is 352 g/mol. The maximum Gasteiger partial charge on any atom is 0.237 e. The number of piperazine rings is 1. The summed E-state index contributed by atoms with van der Waals surface area (Å²) in [5.41, 5.74) is 0.909. The Labute approximate surface area is 149 Å². The van der Waals surface area contributed by atoms with Gasteiger partial charge < -0.3 is 10.2 Å². The Balaban J connectivity index is 1.82. The maximum atomic E-state index is 12.4. The molecule has 0 saturated carbocycles. The van der Waals surface area contributed by atoms with E-state index in [0.717, 1.165) is 18.7 Å². The van der Waals surface area contributed by atoms with Crippen LogP contribution in [0.3, 0.4) is 0 Å². The lowest BCUT2D eigenvalue weighted by molar-refractivity contribution is -0.137. The van der Waals surface area contributed by atoms with Gasteiger partial charge in [-0.25, -0.2) is 0 Å². The molecule has 1 aliphatic heterocycles. The number of hydrogen-bond acceptors (Lipinski definition) is 3. The normalized spacial score (nSPS) is 17.0. The fourth-order valence-corrected chi connectivity index (χ4v) is 3.03. The zero-order valence-corrected chi connectivity index (χ0v) is 15.3. The van der Waals surface area contributed by atoms with Crippen LogP contribution in [-0.2, 0) is 16.1 Å². The number of hydrogen-bond donors (Lipinski definition) is 1. The number of nitrogens with one attached hydrogen (secondary N) is 1. The Morgan fingerprint density at radius 3 is 2.33 bits per heavy atom. The first-order chi connectivity index (χ1) is 11.4. The van der Waals surface area contributed by atoms with Gasteiger partial charge in [-0.1, -0.05) is 43.6 Å². The van der Waals surface area contributed by atoms with Gasteiger partial charge in [0.1, 0.15) is 0 Å². The van der Waals surface area contributed by atoms with Gasteiger partial charge in [0.25, 0.3) is 0 Å². The Hall–Kier alpha value is -1.59. The molecule has 1 aromatic rings. The summed E-state index contributed by atoms with van der Waals surface area (Å²) in [5, 5.41) is 3.60. The molecular formula is C18H26ClN3O2. The monoisotopic (exact) mass is 351 g/mol. The number of carbonyl (C=O) groups excluding carboxylic acids is 2. The van der Waals surface area contributed by atoms with Crippen molar-refractivity contribution in [1.29, 1.82) is 0 Å². The molecule has 1 heterocycles. The molecule has 0 spiro atoms. The molecule has 1 atom stereocenters. The van der Waals surface area contributed by atoms with Crippen LogP contribution in [0.5, 0.6) is 0 Å². The Kier molecular flexibility index (Phi) is 6.63. The van der Waals surface area contributed by atoms with Crippen molar-refractivity contribution in [3.8, 4) is 0 Å². The summed E-state index contributed by atoms with van der Waals surface area (Å²) in [6.07, 6.45) is 0. The van der Waals surface area contributed by atoms with E-state index in [0.29, 0.717) is 24.7 Å². The Morgan fingerprint density at radius 2 is 1.75 bits per heavy atom. The first-order valence-corrected chi connectivity index (χ1v) is 8.82. The summed E-state index contributed by atoms with van der Waals surface area (Å²) in [4.78, 5) is 28.4. The predicted molar refractivity (Wildman–Crippen MR) is 95.8 cm³/mol. The van der Waals surface area contributed by atoms with E-state index in [4.69, 9.17) is 11.6 Å². The van der Waals surface area contributed by atoms with Crippen LogP contribution in [0.2, 0.25) is 5.02 Å². The van der Waals surface area contributed by atoms with Crippen LogP contribution in [0.1, 0.15) is 26.3 Å². The standard InChI is InChI=1S/C18H26ClN3O2/c1-13(2)18(24)22-10-8-21(9-11-22)14(3)17(23)20-12-15-6-4-5-7-16(15)19/h4-7,13-14H,8-12H2,1-3H3,(H,20,23). The van der Waals surface area contributed by atoms with Gasteiger partial charge in [-0.15, -0.1) is 0 Å². The van der Waals surface area contributed by atoms with Crippen molar-refractivity contribution >= 4 is 23.4 Å². The van der Waals surface area contributed by atoms with E-state index in [9.17, 15) is 9.59 Å². The van der Waals surface area contributed by atoms with E-state index in [-0.39, 0.29) is 23.8 Å². The van der Waals surface area contributed by atoms with Gasteiger partial charge in [-0.05, 0) is 18.6 Å². The van der Waals surface area contributed by atoms with Crippen molar-refractivity contribution < 1.29 is 9.59 Å². The summed E-state index contributed by atoms with van der Waals surface area (Å²) in [6.45, 7) is 8.96. The summed E-state index contributed by atoms with van der Waals surface area (Å²) < 4.78 is 0. The molecule has 1 aliphatic rings. The number of halogens is 1. The highest BCUT2D eigenvalue weighted by atomic mass is 35.5. The molecule has 132 valence electrons. The number of benzene rings is 1. The molecule has 5 nitrogen and oxygen atoms in total. The summed E-state index contributed by atoms with van der Waals surface area (Å²) in [6, 6.07) is 7.28. The molecule has 6 heteroatoms. The molecule has 2 rings (SSSR count). The quantitative estimate of drug-likeness (QED) is 0.884. The molecule has 1 fully saturated rings. The van der Waals surface area contributed by atoms with Gasteiger partial charge in [-0.3, -0.25) is 14.5 Å². The smallest absolute Gasteiger partial charge is 0.237 e. The van der Waals surface area contributed by atoms with Crippen molar-refractivity contribution in [1.82, 2.24) is 15.1 Å². The van der Waals surface area contributed by atoms with E-state index in [1.807, 2.05) is 49.9 Å². The fraction of sp³-hybridized carbons (Fsp3) is 0.556. The third kappa shape index (κ3) is 4.71. The Morgan fingerprint density at radius 1 is 1.12 bits per heavy atom. The predicted octanol–water partition coefficient (Wildman–Crippen LogP) is 2.14. The van der Waals surface area contributed by atoms with Gasteiger partial charge in [-0.2, -0.15) is 0 Å². The molecule has 0 aromatic heterocycles. The average Bonchev–Trinajstić information content (AvgIpc) is 2.59. The highest BCUT2D eigenvalue weighted by molar-refractivity contribution is 6.31. The van der Waals surface area contributed by atoms with E-state index >= 15 is 0 Å². The van der Waals surface area contributed by atoms with Crippen LogP contribution < -0.4 is 5.32 Å². The third-order valence-corrected chi connectivity index (χ3v) is 4.83. The van der Waals surface area contributed by atoms with E-state index in [1.54, 1.807) is 0 Å². The second-order valence-electron chi connectivity index (χ2n) is 6.50. The molecule has 1 saturated heterocycles. The van der Waals surface area contributed by atoms with Crippen LogP contribution in [0.25, 0.3) is 0 Å². The minimum Gasteiger partial charge on any atom is -0.351 e. The van der Waals surface area contributed by atoms with Crippen molar-refractivity contribution in [2.24, 2.45) is 5.92 Å². The fourth-order valence-electron chi connectivity index (χ4n) is 2.83. The van der Waals surface area contributed by atoms with Crippen LogP contribution in [0, 0.1) is 5.92 Å². The molecule has 0 radical (unpaired) electrons. The molecule has 1 N–H and O–H groups in total. The second-order valence-corrected chi connectivity index (χ2v) is 6.91. The lowest BCUT2D eigenvalue weighted by Crippen LogP contribution is -2.55. The minimum atomic E-state index is -0.219. The molecule has 24 heavy (non-hydrogen) atoms. The topological polar surface area (TPSA) is 52.7 Å². The van der Waals surface area contributed by atoms with Gasteiger partial charge in [0.2, 0.25) is 11.8 Å². The van der Waals surface area contributed by atoms with Gasteiger partial charge in [0.05, 0.1) is 6.04 Å². The van der Waals surface area contributed by atoms with Crippen molar-refractivity contribution in [3.63, 3.8) is 0 Å². The Bertz CT molecular complexity index is 583. The zero-order chi connectivity index (χ0) is 17.7. The first kappa shape index (κ1) is 18.7. The summed E-state index contributed by atoms with van der Waals surface area (Å²) >= 11 is 6.11. The van der Waals surface area contributed by atoms with E-state index < -0.39 is 0 Å². The minimum absolute atomic E-state index is 0.0152. The number of rotatable bonds is 5. The molecule has 2 amide bonds. The van der Waals surface area contributed by atoms with Crippen LogP contribution in [0.4, 0.5) is 0 Å². The van der Waals surface area contributed by atoms with E-state index in [2.05, 4.69) is 10.2 Å². The number of nitrogens with zero attached hydrogens (tertiary/aromatic N) is 2. The third-order valence-electron chi connectivity index (χ3n) is 4.46. The molecule has 1 aromatic carbocycles. The largest absolute Gasteiger partial charge is 0.351 e. The SMILES string of the molecule is CC(C)C(=O)N1CCN(C(C)C(=O)NCc2ccccc2Cl)CC1. The van der Waals surface area contributed by atoms with Crippen molar-refractivity contribution in [2.45, 2.75) is 33.4 Å².